The van der Waals surface area contributed by atoms with Gasteiger partial charge in [0, 0.05) is 18.4 Å². The van der Waals surface area contributed by atoms with Gasteiger partial charge in [0.2, 0.25) is 5.91 Å². The summed E-state index contributed by atoms with van der Waals surface area (Å²) >= 11 is 1.50. The van der Waals surface area contributed by atoms with E-state index in [1.807, 2.05) is 0 Å². The first-order valence-corrected chi connectivity index (χ1v) is 8.02. The lowest BCUT2D eigenvalue weighted by atomic mass is 9.87. The molecule has 0 fully saturated rings. The summed E-state index contributed by atoms with van der Waals surface area (Å²) in [6.07, 6.45) is 0. The zero-order valence-electron chi connectivity index (χ0n) is 13.0. The molecule has 1 unspecified atom stereocenters. The number of carbonyl (C=O) groups is 2. The van der Waals surface area contributed by atoms with Crippen molar-refractivity contribution in [3.63, 3.8) is 0 Å². The minimum absolute atomic E-state index is 0.130. The molecule has 1 amide bonds. The Morgan fingerprint density at radius 1 is 1.24 bits per heavy atom. The summed E-state index contributed by atoms with van der Waals surface area (Å²) in [5.41, 5.74) is 2.56. The number of amides is 1. The van der Waals surface area contributed by atoms with Crippen LogP contribution < -0.4 is 5.32 Å². The number of hydrogen-bond donors (Lipinski definition) is 2. The van der Waals surface area contributed by atoms with Crippen LogP contribution in [0.2, 0.25) is 0 Å². The summed E-state index contributed by atoms with van der Waals surface area (Å²) in [7, 11) is 0. The third-order valence-corrected chi connectivity index (χ3v) is 4.16. The summed E-state index contributed by atoms with van der Waals surface area (Å²) in [6, 6.07) is 7.53. The Hall–Kier alpha value is -1.49. The lowest BCUT2D eigenvalue weighted by molar-refractivity contribution is -0.140. The van der Waals surface area contributed by atoms with Crippen LogP contribution in [0.4, 0.5) is 0 Å². The predicted octanol–water partition coefficient (Wildman–Crippen LogP) is 2.81. The zero-order chi connectivity index (χ0) is 16.0. The second kappa shape index (κ2) is 7.50. The highest BCUT2D eigenvalue weighted by Gasteiger charge is 2.18. The minimum atomic E-state index is -0.999. The summed E-state index contributed by atoms with van der Waals surface area (Å²) in [4.78, 5) is 21.9. The van der Waals surface area contributed by atoms with Gasteiger partial charge in [0.05, 0.1) is 0 Å². The van der Waals surface area contributed by atoms with E-state index in [0.29, 0.717) is 5.75 Å². The molecule has 0 radical (unpaired) electrons. The van der Waals surface area contributed by atoms with E-state index in [1.165, 1.54) is 24.2 Å². The van der Waals surface area contributed by atoms with Crippen LogP contribution in [0.3, 0.4) is 0 Å². The van der Waals surface area contributed by atoms with Crippen molar-refractivity contribution in [3.8, 4) is 0 Å². The molecule has 0 bridgehead atoms. The summed E-state index contributed by atoms with van der Waals surface area (Å²) in [5, 5.41) is 11.5. The van der Waals surface area contributed by atoms with Gasteiger partial charge in [-0.2, -0.15) is 11.8 Å². The van der Waals surface area contributed by atoms with E-state index >= 15 is 0 Å². The predicted molar refractivity (Wildman–Crippen MR) is 86.5 cm³/mol. The molecule has 0 saturated carbocycles. The van der Waals surface area contributed by atoms with Gasteiger partial charge in [0.1, 0.15) is 6.04 Å². The van der Waals surface area contributed by atoms with E-state index in [9.17, 15) is 9.59 Å². The minimum Gasteiger partial charge on any atom is -0.480 e. The van der Waals surface area contributed by atoms with Crippen molar-refractivity contribution < 1.29 is 14.7 Å². The molecule has 1 aromatic carbocycles. The van der Waals surface area contributed by atoms with E-state index in [0.717, 1.165) is 11.3 Å². The maximum Gasteiger partial charge on any atom is 0.327 e. The highest BCUT2D eigenvalue weighted by atomic mass is 32.2. The molecule has 4 nitrogen and oxygen atoms in total. The molecule has 0 heterocycles. The SMILES string of the molecule is CC(=O)NC(CSCc1ccc(C(C)(C)C)cc1)C(=O)O. The van der Waals surface area contributed by atoms with Crippen molar-refractivity contribution >= 4 is 23.6 Å². The van der Waals surface area contributed by atoms with Gasteiger partial charge < -0.3 is 10.4 Å². The molecule has 1 atom stereocenters. The Labute approximate surface area is 130 Å². The normalized spacial score (nSPS) is 12.8. The summed E-state index contributed by atoms with van der Waals surface area (Å²) < 4.78 is 0. The van der Waals surface area contributed by atoms with Crippen molar-refractivity contribution in [2.75, 3.05) is 5.75 Å². The fourth-order valence-corrected chi connectivity index (χ4v) is 2.82. The van der Waals surface area contributed by atoms with Crippen LogP contribution in [0.5, 0.6) is 0 Å². The Kier molecular flexibility index (Phi) is 6.27. The molecular weight excluding hydrogens is 286 g/mol. The van der Waals surface area contributed by atoms with Gasteiger partial charge in [0.15, 0.2) is 0 Å². The molecular formula is C16H23NO3S. The number of benzene rings is 1. The van der Waals surface area contributed by atoms with Gasteiger partial charge in [-0.25, -0.2) is 4.79 Å². The number of carboxylic acids is 1. The van der Waals surface area contributed by atoms with Crippen molar-refractivity contribution in [2.24, 2.45) is 0 Å². The van der Waals surface area contributed by atoms with Crippen LogP contribution in [0, 0.1) is 0 Å². The molecule has 0 aliphatic heterocycles. The quantitative estimate of drug-likeness (QED) is 0.848. The lowest BCUT2D eigenvalue weighted by Crippen LogP contribution is -2.41. The van der Waals surface area contributed by atoms with Gasteiger partial charge in [0.25, 0.3) is 0 Å². The smallest absolute Gasteiger partial charge is 0.327 e. The van der Waals surface area contributed by atoms with E-state index in [4.69, 9.17) is 5.11 Å². The third-order valence-electron chi connectivity index (χ3n) is 3.05. The van der Waals surface area contributed by atoms with Crippen LogP contribution in [0.1, 0.15) is 38.8 Å². The van der Waals surface area contributed by atoms with Crippen LogP contribution >= 0.6 is 11.8 Å². The average Bonchev–Trinajstić information content (AvgIpc) is 2.36. The Bertz CT molecular complexity index is 491. The molecule has 0 aliphatic rings. The molecule has 0 aliphatic carbocycles. The van der Waals surface area contributed by atoms with Gasteiger partial charge in [-0.15, -0.1) is 0 Å². The molecule has 0 aromatic heterocycles. The van der Waals surface area contributed by atoms with Crippen LogP contribution in [0.15, 0.2) is 24.3 Å². The number of nitrogens with one attached hydrogen (secondary N) is 1. The topological polar surface area (TPSA) is 66.4 Å². The third kappa shape index (κ3) is 6.21. The number of aliphatic carboxylic acids is 1. The summed E-state index contributed by atoms with van der Waals surface area (Å²) in [6.45, 7) is 7.83. The fourth-order valence-electron chi connectivity index (χ4n) is 1.82. The highest BCUT2D eigenvalue weighted by Crippen LogP contribution is 2.23. The second-order valence-corrected chi connectivity index (χ2v) is 7.08. The maximum atomic E-state index is 11.0. The number of rotatable bonds is 6. The van der Waals surface area contributed by atoms with Crippen LogP contribution in [0.25, 0.3) is 0 Å². The zero-order valence-corrected chi connectivity index (χ0v) is 13.8. The maximum absolute atomic E-state index is 11.0. The van der Waals surface area contributed by atoms with Gasteiger partial charge in [-0.05, 0) is 16.5 Å². The number of carboxylic acid groups (broad SMARTS) is 1. The van der Waals surface area contributed by atoms with Crippen molar-refractivity contribution in [2.45, 2.75) is 44.9 Å². The average molecular weight is 309 g/mol. The highest BCUT2D eigenvalue weighted by molar-refractivity contribution is 7.98. The largest absolute Gasteiger partial charge is 0.480 e. The lowest BCUT2D eigenvalue weighted by Gasteiger charge is -2.19. The molecule has 116 valence electrons. The second-order valence-electron chi connectivity index (χ2n) is 6.05. The van der Waals surface area contributed by atoms with Gasteiger partial charge >= 0.3 is 5.97 Å². The first kappa shape index (κ1) is 17.6. The molecule has 0 spiro atoms. The van der Waals surface area contributed by atoms with E-state index in [2.05, 4.69) is 50.4 Å². The first-order chi connectivity index (χ1) is 9.70. The molecule has 21 heavy (non-hydrogen) atoms. The molecule has 5 heteroatoms. The van der Waals surface area contributed by atoms with Crippen molar-refractivity contribution in [3.05, 3.63) is 35.4 Å². The van der Waals surface area contributed by atoms with E-state index in [1.54, 1.807) is 0 Å². The van der Waals surface area contributed by atoms with Crippen molar-refractivity contribution in [1.29, 1.82) is 0 Å². The summed E-state index contributed by atoms with van der Waals surface area (Å²) in [5.74, 6) is -0.234. The van der Waals surface area contributed by atoms with Crippen molar-refractivity contribution in [1.82, 2.24) is 5.32 Å². The molecule has 2 N–H and O–H groups in total. The Morgan fingerprint density at radius 3 is 2.24 bits per heavy atom. The molecule has 0 saturated heterocycles. The van der Waals surface area contributed by atoms with E-state index in [-0.39, 0.29) is 11.3 Å². The van der Waals surface area contributed by atoms with Crippen LogP contribution in [-0.2, 0) is 20.8 Å². The first-order valence-electron chi connectivity index (χ1n) is 6.87. The number of hydrogen-bond acceptors (Lipinski definition) is 3. The number of carbonyl (C=O) groups excluding carboxylic acids is 1. The van der Waals surface area contributed by atoms with Crippen LogP contribution in [-0.4, -0.2) is 28.8 Å². The fraction of sp³-hybridized carbons (Fsp3) is 0.500. The van der Waals surface area contributed by atoms with Gasteiger partial charge in [-0.3, -0.25) is 4.79 Å². The Balaban J connectivity index is 2.51. The Morgan fingerprint density at radius 2 is 1.81 bits per heavy atom. The monoisotopic (exact) mass is 309 g/mol. The van der Waals surface area contributed by atoms with Gasteiger partial charge in [-0.1, -0.05) is 45.0 Å². The molecule has 1 aromatic rings. The molecule has 1 rings (SSSR count). The standard InChI is InChI=1S/C16H23NO3S/c1-11(18)17-14(15(19)20)10-21-9-12-5-7-13(8-6-12)16(2,3)4/h5-8,14H,9-10H2,1-4H3,(H,17,18)(H,19,20). The van der Waals surface area contributed by atoms with E-state index < -0.39 is 12.0 Å². The number of thioether (sulfide) groups is 1.